The van der Waals surface area contributed by atoms with Crippen LogP contribution < -0.4 is 15.0 Å². The summed E-state index contributed by atoms with van der Waals surface area (Å²) in [6.45, 7) is -0.257. The second-order valence-corrected chi connectivity index (χ2v) is 8.58. The quantitative estimate of drug-likeness (QED) is 0.530. The van der Waals surface area contributed by atoms with Crippen molar-refractivity contribution < 1.29 is 36.3 Å². The predicted octanol–water partition coefficient (Wildman–Crippen LogP) is 3.60. The molecule has 0 aliphatic heterocycles. The highest BCUT2D eigenvalue weighted by atomic mass is 32.2. The summed E-state index contributed by atoms with van der Waals surface area (Å²) in [6.07, 6.45) is -3.66. The Morgan fingerprint density at radius 3 is 2.06 bits per heavy atom. The summed E-state index contributed by atoms with van der Waals surface area (Å²) in [4.78, 5) is 11.8. The van der Waals surface area contributed by atoms with Gasteiger partial charge in [-0.3, -0.25) is 4.79 Å². The third-order valence-electron chi connectivity index (χ3n) is 4.23. The molecular formula is C20H17F3N2O6S. The van der Waals surface area contributed by atoms with Gasteiger partial charge < -0.3 is 14.7 Å². The molecule has 170 valence electrons. The van der Waals surface area contributed by atoms with Crippen LogP contribution in [0.4, 0.5) is 13.2 Å². The molecule has 0 fully saturated rings. The van der Waals surface area contributed by atoms with E-state index in [2.05, 4.69) is 4.74 Å². The maximum Gasteiger partial charge on any atom is 0.573 e. The highest BCUT2D eigenvalue weighted by Gasteiger charge is 2.31. The minimum absolute atomic E-state index is 0.0680. The highest BCUT2D eigenvalue weighted by Crippen LogP contribution is 2.28. The summed E-state index contributed by atoms with van der Waals surface area (Å²) in [5.41, 5.74) is -0.649. The average molecular weight is 470 g/mol. The monoisotopic (exact) mass is 470 g/mol. The summed E-state index contributed by atoms with van der Waals surface area (Å²) < 4.78 is 72.7. The molecule has 1 aromatic heterocycles. The molecule has 8 nitrogen and oxygen atoms in total. The molecule has 0 aliphatic carbocycles. The molecule has 12 heteroatoms. The number of aromatic nitrogens is 1. The maximum atomic E-state index is 12.8. The van der Waals surface area contributed by atoms with Crippen LogP contribution in [0.3, 0.4) is 0 Å². The number of sulfonamides is 1. The number of benzene rings is 2. The number of ether oxygens (including phenoxy) is 2. The van der Waals surface area contributed by atoms with Gasteiger partial charge in [-0.2, -0.15) is 9.04 Å². The van der Waals surface area contributed by atoms with E-state index in [0.29, 0.717) is 4.73 Å². The van der Waals surface area contributed by atoms with Gasteiger partial charge in [-0.1, -0.05) is 6.07 Å². The molecule has 0 radical (unpaired) electrons. The summed E-state index contributed by atoms with van der Waals surface area (Å²) in [7, 11) is -2.66. The molecule has 0 amide bonds. The molecule has 0 saturated carbocycles. The lowest BCUT2D eigenvalue weighted by molar-refractivity contribution is -0.274. The van der Waals surface area contributed by atoms with E-state index in [0.717, 1.165) is 22.6 Å². The van der Waals surface area contributed by atoms with E-state index < -0.39 is 27.7 Å². The van der Waals surface area contributed by atoms with Gasteiger partial charge in [0.05, 0.1) is 4.90 Å². The van der Waals surface area contributed by atoms with Crippen LogP contribution in [0, 0.1) is 0 Å². The van der Waals surface area contributed by atoms with Crippen LogP contribution in [-0.2, 0) is 16.6 Å². The van der Waals surface area contributed by atoms with Crippen LogP contribution in [0.25, 0.3) is 0 Å². The summed E-state index contributed by atoms with van der Waals surface area (Å²) in [5, 5.41) is 9.41. The first-order chi connectivity index (χ1) is 15.0. The number of hydrogen-bond donors (Lipinski definition) is 1. The Labute approximate surface area is 180 Å². The van der Waals surface area contributed by atoms with Crippen LogP contribution >= 0.6 is 0 Å². The molecule has 0 unspecified atom stereocenters. The number of halogens is 3. The number of alkyl halides is 3. The molecule has 2 aromatic carbocycles. The molecule has 0 saturated heterocycles. The Hall–Kier alpha value is -3.51. The Morgan fingerprint density at radius 2 is 1.50 bits per heavy atom. The minimum atomic E-state index is -4.80. The van der Waals surface area contributed by atoms with E-state index >= 15 is 0 Å². The van der Waals surface area contributed by atoms with Gasteiger partial charge in [0.15, 0.2) is 0 Å². The number of nitrogens with zero attached hydrogens (tertiary/aromatic N) is 2. The van der Waals surface area contributed by atoms with Crippen molar-refractivity contribution in [3.05, 3.63) is 82.8 Å². The fraction of sp³-hybridized carbons (Fsp3) is 0.150. The molecule has 1 heterocycles. The van der Waals surface area contributed by atoms with Crippen molar-refractivity contribution in [3.63, 3.8) is 0 Å². The van der Waals surface area contributed by atoms with Crippen LogP contribution in [0.15, 0.2) is 76.6 Å². The van der Waals surface area contributed by atoms with Crippen LogP contribution in [0.5, 0.6) is 17.2 Å². The van der Waals surface area contributed by atoms with Crippen molar-refractivity contribution in [2.24, 2.45) is 0 Å². The largest absolute Gasteiger partial charge is 0.573 e. The van der Waals surface area contributed by atoms with Crippen molar-refractivity contribution in [1.29, 1.82) is 0 Å². The molecule has 3 aromatic rings. The number of rotatable bonds is 7. The van der Waals surface area contributed by atoms with Crippen molar-refractivity contribution in [1.82, 2.24) is 9.04 Å². The summed E-state index contributed by atoms with van der Waals surface area (Å²) in [5.74, 6) is 0.0691. The Bertz CT molecular complexity index is 1240. The first kappa shape index (κ1) is 23.2. The first-order valence-corrected chi connectivity index (χ1v) is 10.4. The fourth-order valence-electron chi connectivity index (χ4n) is 2.68. The second-order valence-electron chi connectivity index (χ2n) is 6.54. The zero-order valence-corrected chi connectivity index (χ0v) is 17.3. The van der Waals surface area contributed by atoms with Gasteiger partial charge >= 0.3 is 6.36 Å². The lowest BCUT2D eigenvalue weighted by Gasteiger charge is -2.17. The molecule has 0 aliphatic rings. The van der Waals surface area contributed by atoms with Crippen molar-refractivity contribution in [2.75, 3.05) is 7.05 Å². The Balaban J connectivity index is 1.70. The van der Waals surface area contributed by atoms with Gasteiger partial charge in [-0.15, -0.1) is 13.2 Å². The van der Waals surface area contributed by atoms with Crippen molar-refractivity contribution in [2.45, 2.75) is 17.8 Å². The van der Waals surface area contributed by atoms with Gasteiger partial charge in [-0.05, 0) is 54.6 Å². The van der Waals surface area contributed by atoms with Crippen molar-refractivity contribution in [3.8, 4) is 17.2 Å². The lowest BCUT2D eigenvalue weighted by atomic mass is 10.3. The standard InChI is InChI=1S/C20H17F3N2O6S/c1-24(13-14-3-2-12-25(27)19(14)26)32(28,29)18-10-8-16(9-11-18)30-15-4-6-17(7-5-15)31-20(21,22)23/h2-12,27H,13H2,1H3. The van der Waals surface area contributed by atoms with Crippen molar-refractivity contribution >= 4 is 10.0 Å². The predicted molar refractivity (Wildman–Crippen MR) is 106 cm³/mol. The SMILES string of the molecule is CN(Cc1cccn(O)c1=O)S(=O)(=O)c1ccc(Oc2ccc(OC(F)(F)F)cc2)cc1. The number of pyridine rings is 1. The molecule has 1 N–H and O–H groups in total. The van der Waals surface area contributed by atoms with Gasteiger partial charge in [0.25, 0.3) is 5.56 Å². The van der Waals surface area contributed by atoms with Crippen LogP contribution in [0.2, 0.25) is 0 Å². The molecule has 3 rings (SSSR count). The van der Waals surface area contributed by atoms with E-state index in [1.54, 1.807) is 0 Å². The summed E-state index contributed by atoms with van der Waals surface area (Å²) >= 11 is 0. The molecule has 32 heavy (non-hydrogen) atoms. The van der Waals surface area contributed by atoms with E-state index in [1.807, 2.05) is 0 Å². The fourth-order valence-corrected chi connectivity index (χ4v) is 3.83. The smallest absolute Gasteiger partial charge is 0.457 e. The van der Waals surface area contributed by atoms with Gasteiger partial charge in [0.1, 0.15) is 17.2 Å². The minimum Gasteiger partial charge on any atom is -0.457 e. The normalized spacial score (nSPS) is 12.0. The molecule has 0 atom stereocenters. The topological polar surface area (TPSA) is 98.1 Å². The lowest BCUT2D eigenvalue weighted by Crippen LogP contribution is -2.31. The highest BCUT2D eigenvalue weighted by molar-refractivity contribution is 7.89. The maximum absolute atomic E-state index is 12.8. The second kappa shape index (κ2) is 8.93. The third-order valence-corrected chi connectivity index (χ3v) is 6.04. The Morgan fingerprint density at radius 1 is 0.969 bits per heavy atom. The molecular weight excluding hydrogens is 453 g/mol. The number of hydrogen-bond acceptors (Lipinski definition) is 6. The van der Waals surface area contributed by atoms with Gasteiger partial charge in [0, 0.05) is 25.4 Å². The first-order valence-electron chi connectivity index (χ1n) is 8.95. The van der Waals surface area contributed by atoms with E-state index in [1.165, 1.54) is 55.6 Å². The zero-order valence-electron chi connectivity index (χ0n) is 16.5. The zero-order chi connectivity index (χ0) is 23.5. The van der Waals surface area contributed by atoms with E-state index in [-0.39, 0.29) is 28.5 Å². The van der Waals surface area contributed by atoms with Gasteiger partial charge in [-0.25, -0.2) is 8.42 Å². The van der Waals surface area contributed by atoms with E-state index in [4.69, 9.17) is 4.74 Å². The average Bonchev–Trinajstić information content (AvgIpc) is 2.72. The summed E-state index contributed by atoms with van der Waals surface area (Å²) in [6, 6.07) is 12.9. The van der Waals surface area contributed by atoms with E-state index in [9.17, 15) is 31.6 Å². The van der Waals surface area contributed by atoms with Crippen LogP contribution in [0.1, 0.15) is 5.56 Å². The molecule has 0 spiro atoms. The Kier molecular flexibility index (Phi) is 6.46. The van der Waals surface area contributed by atoms with Gasteiger partial charge in [0.2, 0.25) is 10.0 Å². The van der Waals surface area contributed by atoms with Crippen LogP contribution in [-0.4, -0.2) is 36.1 Å². The molecule has 0 bridgehead atoms. The third kappa shape index (κ3) is 5.59.